The Bertz CT molecular complexity index is 824. The minimum Gasteiger partial charge on any atom is -0.444 e. The molecule has 2 unspecified atom stereocenters. The predicted molar refractivity (Wildman–Crippen MR) is 97.7 cm³/mol. The molecule has 2 aromatic rings. The van der Waals surface area contributed by atoms with E-state index in [1.54, 1.807) is 4.90 Å². The molecule has 1 fully saturated rings. The van der Waals surface area contributed by atoms with Crippen molar-refractivity contribution in [1.29, 1.82) is 0 Å². The van der Waals surface area contributed by atoms with Gasteiger partial charge in [0.05, 0.1) is 30.4 Å². The highest BCUT2D eigenvalue weighted by Crippen LogP contribution is 2.45. The topological polar surface area (TPSA) is 67.6 Å². The van der Waals surface area contributed by atoms with E-state index in [2.05, 4.69) is 21.7 Å². The Labute approximate surface area is 153 Å². The summed E-state index contributed by atoms with van der Waals surface area (Å²) < 4.78 is 7.66. The molecule has 26 heavy (non-hydrogen) atoms. The van der Waals surface area contributed by atoms with Crippen LogP contribution in [-0.4, -0.2) is 50.4 Å². The molecule has 4 rings (SSSR count). The number of carbonyl (C=O) groups excluding carboxylic acids is 1. The summed E-state index contributed by atoms with van der Waals surface area (Å²) >= 11 is 0. The molecular formula is C20H25N3O3. The van der Waals surface area contributed by atoms with Gasteiger partial charge in [0.2, 0.25) is 0 Å². The average molecular weight is 355 g/mol. The second-order valence-corrected chi connectivity index (χ2v) is 8.16. The molecule has 0 radical (unpaired) electrons. The van der Waals surface area contributed by atoms with Crippen LogP contribution in [0.2, 0.25) is 0 Å². The normalized spacial score (nSPS) is 24.9. The van der Waals surface area contributed by atoms with E-state index in [0.717, 1.165) is 11.3 Å². The van der Waals surface area contributed by atoms with Crippen LogP contribution in [0.3, 0.4) is 0 Å². The summed E-state index contributed by atoms with van der Waals surface area (Å²) in [6.07, 6.45) is 3.44. The van der Waals surface area contributed by atoms with Crippen LogP contribution in [-0.2, 0) is 4.74 Å². The van der Waals surface area contributed by atoms with Crippen LogP contribution >= 0.6 is 0 Å². The number of hydrogen-bond donors (Lipinski definition) is 1. The first kappa shape index (κ1) is 17.1. The molecule has 1 aromatic carbocycles. The monoisotopic (exact) mass is 355 g/mol. The van der Waals surface area contributed by atoms with E-state index in [-0.39, 0.29) is 18.1 Å². The summed E-state index contributed by atoms with van der Waals surface area (Å²) in [5.74, 6) is -0.104. The second-order valence-electron chi connectivity index (χ2n) is 8.16. The Hall–Kier alpha value is -2.34. The van der Waals surface area contributed by atoms with Crippen LogP contribution in [0.15, 0.2) is 36.8 Å². The van der Waals surface area contributed by atoms with Crippen LogP contribution < -0.4 is 0 Å². The summed E-state index contributed by atoms with van der Waals surface area (Å²) in [7, 11) is 0. The number of aromatic nitrogens is 2. The minimum absolute atomic E-state index is 0.0241. The molecule has 0 saturated carbocycles. The molecule has 6 heteroatoms. The van der Waals surface area contributed by atoms with Crippen molar-refractivity contribution in [3.05, 3.63) is 42.4 Å². The first-order valence-electron chi connectivity index (χ1n) is 9.12. The Kier molecular flexibility index (Phi) is 4.03. The SMILES string of the molecule is CC(C)(C)OC(=O)N1CCC(O)C([C@@H]2c3ccccc3-c3cncn32)C1. The van der Waals surface area contributed by atoms with Crippen molar-refractivity contribution in [3.8, 4) is 11.3 Å². The van der Waals surface area contributed by atoms with Crippen molar-refractivity contribution in [2.45, 2.75) is 44.9 Å². The van der Waals surface area contributed by atoms with E-state index in [9.17, 15) is 9.90 Å². The fourth-order valence-electron chi connectivity index (χ4n) is 4.08. The number of benzene rings is 1. The third-order valence-electron chi connectivity index (χ3n) is 5.20. The number of rotatable bonds is 1. The van der Waals surface area contributed by atoms with Gasteiger partial charge in [-0.2, -0.15) is 0 Å². The van der Waals surface area contributed by atoms with Gasteiger partial charge in [0, 0.05) is 24.6 Å². The lowest BCUT2D eigenvalue weighted by Crippen LogP contribution is -2.49. The molecule has 2 aliphatic heterocycles. The number of aliphatic hydroxyl groups excluding tert-OH is 1. The lowest BCUT2D eigenvalue weighted by molar-refractivity contribution is -0.0158. The molecule has 1 amide bonds. The number of carbonyl (C=O) groups is 1. The molecule has 1 saturated heterocycles. The molecule has 3 heterocycles. The van der Waals surface area contributed by atoms with Crippen molar-refractivity contribution in [2.75, 3.05) is 13.1 Å². The van der Waals surface area contributed by atoms with Gasteiger partial charge in [0.25, 0.3) is 0 Å². The summed E-state index contributed by atoms with van der Waals surface area (Å²) in [5.41, 5.74) is 2.86. The van der Waals surface area contributed by atoms with Crippen LogP contribution in [0.4, 0.5) is 4.79 Å². The highest BCUT2D eigenvalue weighted by atomic mass is 16.6. The summed E-state index contributed by atoms with van der Waals surface area (Å²) in [6.45, 7) is 6.58. The molecule has 2 aliphatic rings. The number of ether oxygens (including phenoxy) is 1. The van der Waals surface area contributed by atoms with E-state index in [1.165, 1.54) is 5.56 Å². The zero-order valence-corrected chi connectivity index (χ0v) is 15.4. The number of nitrogens with zero attached hydrogens (tertiary/aromatic N) is 3. The highest BCUT2D eigenvalue weighted by molar-refractivity contribution is 5.70. The quantitative estimate of drug-likeness (QED) is 0.854. The summed E-state index contributed by atoms with van der Waals surface area (Å²) in [5, 5.41) is 10.7. The van der Waals surface area contributed by atoms with Crippen LogP contribution in [0.25, 0.3) is 11.3 Å². The van der Waals surface area contributed by atoms with Crippen molar-refractivity contribution in [1.82, 2.24) is 14.5 Å². The number of hydrogen-bond acceptors (Lipinski definition) is 4. The summed E-state index contributed by atoms with van der Waals surface area (Å²) in [4.78, 5) is 18.5. The fourth-order valence-corrected chi connectivity index (χ4v) is 4.08. The number of imidazole rings is 1. The first-order valence-corrected chi connectivity index (χ1v) is 9.12. The van der Waals surface area contributed by atoms with E-state index in [4.69, 9.17) is 4.74 Å². The third kappa shape index (κ3) is 2.88. The van der Waals surface area contributed by atoms with Crippen molar-refractivity contribution in [2.24, 2.45) is 5.92 Å². The van der Waals surface area contributed by atoms with E-state index >= 15 is 0 Å². The van der Waals surface area contributed by atoms with Gasteiger partial charge >= 0.3 is 6.09 Å². The van der Waals surface area contributed by atoms with Gasteiger partial charge in [0.1, 0.15) is 5.60 Å². The highest BCUT2D eigenvalue weighted by Gasteiger charge is 2.42. The van der Waals surface area contributed by atoms with Crippen LogP contribution in [0.1, 0.15) is 38.8 Å². The van der Waals surface area contributed by atoms with Crippen molar-refractivity contribution < 1.29 is 14.6 Å². The largest absolute Gasteiger partial charge is 0.444 e. The third-order valence-corrected chi connectivity index (χ3v) is 5.20. The predicted octanol–water partition coefficient (Wildman–Crippen LogP) is 3.07. The van der Waals surface area contributed by atoms with E-state index in [1.807, 2.05) is 45.4 Å². The Balaban J connectivity index is 1.64. The van der Waals surface area contributed by atoms with E-state index in [0.29, 0.717) is 19.5 Å². The lowest BCUT2D eigenvalue weighted by atomic mass is 9.84. The van der Waals surface area contributed by atoms with Crippen LogP contribution in [0.5, 0.6) is 0 Å². The first-order chi connectivity index (χ1) is 12.3. The maximum Gasteiger partial charge on any atom is 0.410 e. The Morgan fingerprint density at radius 3 is 2.85 bits per heavy atom. The maximum atomic E-state index is 12.5. The standard InChI is InChI=1S/C20H25N3O3/c1-20(2,3)26-19(25)22-9-8-17(24)15(11-22)18-14-7-5-4-6-13(14)16-10-21-12-23(16)18/h4-7,10,12,15,17-18,24H,8-9,11H2,1-3H3/t15?,17?,18-/m0/s1. The van der Waals surface area contributed by atoms with Gasteiger partial charge in [-0.3, -0.25) is 0 Å². The van der Waals surface area contributed by atoms with Crippen LogP contribution in [0, 0.1) is 5.92 Å². The molecule has 6 nitrogen and oxygen atoms in total. The van der Waals surface area contributed by atoms with Gasteiger partial charge < -0.3 is 19.3 Å². The number of piperidine rings is 1. The number of fused-ring (bicyclic) bond motifs is 3. The van der Waals surface area contributed by atoms with Gasteiger partial charge in [-0.1, -0.05) is 24.3 Å². The molecule has 0 bridgehead atoms. The van der Waals surface area contributed by atoms with E-state index < -0.39 is 11.7 Å². The fraction of sp³-hybridized carbons (Fsp3) is 0.500. The second kappa shape index (κ2) is 6.13. The lowest BCUT2D eigenvalue weighted by Gasteiger charge is -2.40. The molecule has 1 aromatic heterocycles. The average Bonchev–Trinajstić information content (AvgIpc) is 3.14. The maximum absolute atomic E-state index is 12.5. The Morgan fingerprint density at radius 1 is 1.31 bits per heavy atom. The Morgan fingerprint density at radius 2 is 2.08 bits per heavy atom. The molecule has 0 spiro atoms. The zero-order chi connectivity index (χ0) is 18.5. The van der Waals surface area contributed by atoms with Gasteiger partial charge in [-0.25, -0.2) is 9.78 Å². The molecule has 138 valence electrons. The van der Waals surface area contributed by atoms with Gasteiger partial charge in [-0.15, -0.1) is 0 Å². The number of amides is 1. The number of aliphatic hydroxyl groups is 1. The minimum atomic E-state index is -0.528. The molecule has 1 N–H and O–H groups in total. The van der Waals surface area contributed by atoms with Crippen molar-refractivity contribution >= 4 is 6.09 Å². The smallest absolute Gasteiger partial charge is 0.410 e. The number of likely N-dealkylation sites (tertiary alicyclic amines) is 1. The van der Waals surface area contributed by atoms with Gasteiger partial charge in [0.15, 0.2) is 0 Å². The molecule has 3 atom stereocenters. The molecule has 0 aliphatic carbocycles. The van der Waals surface area contributed by atoms with Gasteiger partial charge in [-0.05, 0) is 32.8 Å². The van der Waals surface area contributed by atoms with Crippen molar-refractivity contribution in [3.63, 3.8) is 0 Å². The summed E-state index contributed by atoms with van der Waals surface area (Å²) in [6, 6.07) is 8.20. The zero-order valence-electron chi connectivity index (χ0n) is 15.4. The molecular weight excluding hydrogens is 330 g/mol.